The zero-order valence-corrected chi connectivity index (χ0v) is 21.0. The van der Waals surface area contributed by atoms with Crippen molar-refractivity contribution in [1.82, 2.24) is 4.57 Å². The second-order valence-electron chi connectivity index (χ2n) is 8.79. The Morgan fingerprint density at radius 2 is 1.36 bits per heavy atom. The van der Waals surface area contributed by atoms with Crippen LogP contribution in [0.3, 0.4) is 0 Å². The molecule has 0 unspecified atom stereocenters. The minimum atomic E-state index is -0.763. The van der Waals surface area contributed by atoms with Crippen molar-refractivity contribution in [1.29, 1.82) is 0 Å². The maximum Gasteiger partial charge on any atom is 0.513 e. The first-order valence-corrected chi connectivity index (χ1v) is 12.5. The summed E-state index contributed by atoms with van der Waals surface area (Å²) < 4.78 is 12.2. The van der Waals surface area contributed by atoms with Crippen molar-refractivity contribution in [2.45, 2.75) is 53.0 Å². The molecule has 0 radical (unpaired) electrons. The van der Waals surface area contributed by atoms with Crippen LogP contribution in [-0.2, 0) is 11.3 Å². The number of carbonyl (C=O) groups excluding carboxylic acids is 3. The second kappa shape index (κ2) is 11.2. The SMILES string of the molecule is CCCCC(=O)c1ccc2c(c1)c1cc(C(=O)c3ccc(OC(=O)OCCC)cc3)ccc1n2CC. The molecule has 1 aromatic heterocycles. The molecule has 0 spiro atoms. The topological polar surface area (TPSA) is 74.6 Å². The van der Waals surface area contributed by atoms with Crippen LogP contribution in [0.4, 0.5) is 4.79 Å². The molecule has 4 rings (SSSR count). The van der Waals surface area contributed by atoms with Gasteiger partial charge in [-0.1, -0.05) is 20.3 Å². The highest BCUT2D eigenvalue weighted by atomic mass is 16.7. The Balaban J connectivity index is 1.65. The summed E-state index contributed by atoms with van der Waals surface area (Å²) in [5, 5.41) is 1.92. The lowest BCUT2D eigenvalue weighted by atomic mass is 9.99. The van der Waals surface area contributed by atoms with Gasteiger partial charge in [0.05, 0.1) is 6.61 Å². The molecule has 6 heteroatoms. The maximum absolute atomic E-state index is 13.3. The highest BCUT2D eigenvalue weighted by Gasteiger charge is 2.16. The Bertz CT molecular complexity index is 1420. The molecule has 0 atom stereocenters. The number of Topliss-reactive ketones (excluding diaryl/α,β-unsaturated/α-hetero) is 1. The van der Waals surface area contributed by atoms with Gasteiger partial charge in [0.1, 0.15) is 5.75 Å². The molecule has 0 saturated heterocycles. The largest absolute Gasteiger partial charge is 0.513 e. The Hall–Kier alpha value is -3.93. The fraction of sp³-hybridized carbons (Fsp3) is 0.300. The average molecular weight is 486 g/mol. The van der Waals surface area contributed by atoms with E-state index >= 15 is 0 Å². The fourth-order valence-electron chi connectivity index (χ4n) is 4.39. The molecule has 0 bridgehead atoms. The van der Waals surface area contributed by atoms with Crippen LogP contribution in [0, 0.1) is 0 Å². The summed E-state index contributed by atoms with van der Waals surface area (Å²) in [6.07, 6.45) is 2.33. The van der Waals surface area contributed by atoms with E-state index in [0.717, 1.165) is 41.2 Å². The first-order chi connectivity index (χ1) is 17.5. The third-order valence-electron chi connectivity index (χ3n) is 6.26. The second-order valence-corrected chi connectivity index (χ2v) is 8.79. The summed E-state index contributed by atoms with van der Waals surface area (Å²) in [4.78, 5) is 37.6. The van der Waals surface area contributed by atoms with Gasteiger partial charge in [-0.15, -0.1) is 0 Å². The Morgan fingerprint density at radius 1 is 0.750 bits per heavy atom. The quantitative estimate of drug-likeness (QED) is 0.133. The molecule has 36 heavy (non-hydrogen) atoms. The van der Waals surface area contributed by atoms with E-state index in [9.17, 15) is 14.4 Å². The molecule has 1 heterocycles. The molecule has 186 valence electrons. The Labute approximate surface area is 210 Å². The summed E-state index contributed by atoms with van der Waals surface area (Å²) in [5.74, 6) is 0.322. The van der Waals surface area contributed by atoms with Gasteiger partial charge in [-0.05, 0) is 80.4 Å². The zero-order valence-electron chi connectivity index (χ0n) is 21.0. The van der Waals surface area contributed by atoms with Crippen LogP contribution in [0.15, 0.2) is 60.7 Å². The normalized spacial score (nSPS) is 11.1. The number of aromatic nitrogens is 1. The number of carbonyl (C=O) groups is 3. The van der Waals surface area contributed by atoms with Crippen LogP contribution >= 0.6 is 0 Å². The molecule has 6 nitrogen and oxygen atoms in total. The standard InChI is InChI=1S/C30H31NO5/c1-4-7-8-28(32)21-11-15-26-24(18-21)25-19-22(12-16-27(25)31(26)6-3)29(33)20-9-13-23(14-10-20)36-30(34)35-17-5-2/h9-16,18-19H,4-8,17H2,1-3H3. The van der Waals surface area contributed by atoms with E-state index < -0.39 is 6.16 Å². The minimum Gasteiger partial charge on any atom is -0.434 e. The van der Waals surface area contributed by atoms with E-state index in [-0.39, 0.29) is 11.6 Å². The van der Waals surface area contributed by atoms with Crippen molar-refractivity contribution in [3.63, 3.8) is 0 Å². The maximum atomic E-state index is 13.3. The van der Waals surface area contributed by atoms with Crippen molar-refractivity contribution in [3.05, 3.63) is 77.4 Å². The van der Waals surface area contributed by atoms with Crippen LogP contribution in [-0.4, -0.2) is 28.9 Å². The summed E-state index contributed by atoms with van der Waals surface area (Å²) in [6.45, 7) is 7.13. The van der Waals surface area contributed by atoms with E-state index in [1.54, 1.807) is 24.3 Å². The minimum absolute atomic E-state index is 0.135. The number of unbranched alkanes of at least 4 members (excludes halogenated alkanes) is 1. The Kier molecular flexibility index (Phi) is 7.84. The van der Waals surface area contributed by atoms with Gasteiger partial charge in [-0.25, -0.2) is 4.79 Å². The van der Waals surface area contributed by atoms with Crippen LogP contribution in [0.25, 0.3) is 21.8 Å². The van der Waals surface area contributed by atoms with E-state index in [1.807, 2.05) is 43.3 Å². The molecule has 0 amide bonds. The number of ketones is 2. The molecule has 0 aliphatic rings. The van der Waals surface area contributed by atoms with Crippen molar-refractivity contribution in [3.8, 4) is 5.75 Å². The van der Waals surface area contributed by atoms with Gasteiger partial charge in [-0.2, -0.15) is 0 Å². The smallest absolute Gasteiger partial charge is 0.434 e. The predicted molar refractivity (Wildman–Crippen MR) is 141 cm³/mol. The number of ether oxygens (including phenoxy) is 2. The molecule has 0 aliphatic carbocycles. The van der Waals surface area contributed by atoms with E-state index in [4.69, 9.17) is 9.47 Å². The summed E-state index contributed by atoms with van der Waals surface area (Å²) in [5.41, 5.74) is 3.81. The van der Waals surface area contributed by atoms with Gasteiger partial charge in [0.15, 0.2) is 11.6 Å². The lowest BCUT2D eigenvalue weighted by molar-refractivity contribution is 0.0974. The molecule has 0 saturated carbocycles. The number of rotatable bonds is 10. The highest BCUT2D eigenvalue weighted by molar-refractivity contribution is 6.15. The molecular weight excluding hydrogens is 454 g/mol. The molecule has 3 aromatic carbocycles. The third kappa shape index (κ3) is 5.18. The molecule has 0 N–H and O–H groups in total. The number of aryl methyl sites for hydroxylation is 1. The molecule has 0 fully saturated rings. The summed E-state index contributed by atoms with van der Waals surface area (Å²) in [7, 11) is 0. The zero-order chi connectivity index (χ0) is 25.7. The first kappa shape index (κ1) is 25.2. The van der Waals surface area contributed by atoms with Crippen molar-refractivity contribution in [2.24, 2.45) is 0 Å². The van der Waals surface area contributed by atoms with Crippen molar-refractivity contribution < 1.29 is 23.9 Å². The monoisotopic (exact) mass is 485 g/mol. The van der Waals surface area contributed by atoms with E-state index in [1.165, 1.54) is 0 Å². The lowest BCUT2D eigenvalue weighted by Gasteiger charge is -2.07. The molecule has 0 aliphatic heterocycles. The van der Waals surface area contributed by atoms with Crippen LogP contribution in [0.1, 0.15) is 72.7 Å². The lowest BCUT2D eigenvalue weighted by Crippen LogP contribution is -2.11. The van der Waals surface area contributed by atoms with Gasteiger partial charge in [0.2, 0.25) is 0 Å². The highest BCUT2D eigenvalue weighted by Crippen LogP contribution is 2.32. The predicted octanol–water partition coefficient (Wildman–Crippen LogP) is 7.34. The van der Waals surface area contributed by atoms with Gasteiger partial charge >= 0.3 is 6.16 Å². The number of benzene rings is 3. The third-order valence-corrected chi connectivity index (χ3v) is 6.26. The summed E-state index contributed by atoms with van der Waals surface area (Å²) >= 11 is 0. The van der Waals surface area contributed by atoms with Crippen molar-refractivity contribution >= 4 is 39.5 Å². The van der Waals surface area contributed by atoms with Gasteiger partial charge in [0, 0.05) is 51.5 Å². The van der Waals surface area contributed by atoms with Gasteiger partial charge in [0.25, 0.3) is 0 Å². The number of fused-ring (bicyclic) bond motifs is 3. The number of hydrogen-bond donors (Lipinski definition) is 0. The van der Waals surface area contributed by atoms with Gasteiger partial charge in [-0.3, -0.25) is 9.59 Å². The Morgan fingerprint density at radius 3 is 1.97 bits per heavy atom. The summed E-state index contributed by atoms with van der Waals surface area (Å²) in [6, 6.07) is 18.0. The van der Waals surface area contributed by atoms with Crippen LogP contribution < -0.4 is 4.74 Å². The van der Waals surface area contributed by atoms with Crippen molar-refractivity contribution in [2.75, 3.05) is 6.61 Å². The average Bonchev–Trinajstić information content (AvgIpc) is 3.22. The first-order valence-electron chi connectivity index (χ1n) is 12.5. The molecule has 4 aromatic rings. The number of nitrogens with zero attached hydrogens (tertiary/aromatic N) is 1. The van der Waals surface area contributed by atoms with E-state index in [2.05, 4.69) is 18.4 Å². The van der Waals surface area contributed by atoms with Crippen LogP contribution in [0.2, 0.25) is 0 Å². The van der Waals surface area contributed by atoms with E-state index in [0.29, 0.717) is 41.9 Å². The fourth-order valence-corrected chi connectivity index (χ4v) is 4.39. The number of hydrogen-bond acceptors (Lipinski definition) is 5. The molecular formula is C30H31NO5. The van der Waals surface area contributed by atoms with Crippen LogP contribution in [0.5, 0.6) is 5.75 Å². The van der Waals surface area contributed by atoms with Gasteiger partial charge < -0.3 is 14.0 Å².